The monoisotopic (exact) mass is 254 g/mol. The summed E-state index contributed by atoms with van der Waals surface area (Å²) >= 11 is 0. The number of rotatable bonds is 4. The molecule has 0 bridgehead atoms. The zero-order valence-corrected chi connectivity index (χ0v) is 11.4. The lowest BCUT2D eigenvalue weighted by molar-refractivity contribution is -0.122. The maximum absolute atomic E-state index is 11.1. The van der Waals surface area contributed by atoms with Gasteiger partial charge in [0.25, 0.3) is 0 Å². The maximum atomic E-state index is 11.1. The Morgan fingerprint density at radius 2 is 1.50 bits per heavy atom. The lowest BCUT2D eigenvalue weighted by Crippen LogP contribution is -2.44. The van der Waals surface area contributed by atoms with E-state index >= 15 is 0 Å². The third-order valence-electron chi connectivity index (χ3n) is 4.61. The van der Waals surface area contributed by atoms with Crippen LogP contribution in [-0.2, 0) is 9.53 Å². The largest absolute Gasteiger partial charge is 0.381 e. The van der Waals surface area contributed by atoms with Crippen LogP contribution in [0.2, 0.25) is 0 Å². The first-order chi connectivity index (χ1) is 8.69. The molecule has 0 aliphatic heterocycles. The van der Waals surface area contributed by atoms with E-state index in [0.717, 1.165) is 25.7 Å². The first kappa shape index (κ1) is 13.8. The Hall–Kier alpha value is -0.610. The summed E-state index contributed by atoms with van der Waals surface area (Å²) in [6.45, 7) is 0. The van der Waals surface area contributed by atoms with Crippen molar-refractivity contribution in [2.24, 2.45) is 11.7 Å². The molecule has 2 saturated carbocycles. The molecule has 0 atom stereocenters. The van der Waals surface area contributed by atoms with Crippen LogP contribution in [0.15, 0.2) is 0 Å². The molecule has 2 fully saturated rings. The van der Waals surface area contributed by atoms with Gasteiger partial charge in [-0.2, -0.15) is 0 Å². The molecule has 0 unspecified atom stereocenters. The Morgan fingerprint density at radius 3 is 1.94 bits per heavy atom. The second kappa shape index (κ2) is 6.53. The summed E-state index contributed by atoms with van der Waals surface area (Å²) in [6, 6.07) is 1.23. The lowest BCUT2D eigenvalue weighted by Gasteiger charge is -2.34. The van der Waals surface area contributed by atoms with E-state index in [2.05, 4.69) is 5.32 Å². The second-order valence-corrected chi connectivity index (χ2v) is 5.83. The van der Waals surface area contributed by atoms with Crippen molar-refractivity contribution in [3.8, 4) is 0 Å². The molecule has 2 aliphatic carbocycles. The number of nitrogens with one attached hydrogen (secondary N) is 1. The Morgan fingerprint density at radius 1 is 1.00 bits per heavy atom. The summed E-state index contributed by atoms with van der Waals surface area (Å²) < 4.78 is 5.39. The number of carbonyl (C=O) groups is 1. The average molecular weight is 254 g/mol. The molecular weight excluding hydrogens is 228 g/mol. The average Bonchev–Trinajstić information content (AvgIpc) is 2.40. The van der Waals surface area contributed by atoms with E-state index in [1.54, 1.807) is 0 Å². The summed E-state index contributed by atoms with van der Waals surface area (Å²) in [7, 11) is 1.81. The SMILES string of the molecule is COC1CCC(NC2CCC(C(N)=O)CC2)CC1. The van der Waals surface area contributed by atoms with Crippen molar-refractivity contribution in [1.29, 1.82) is 0 Å². The normalized spacial score (nSPS) is 37.4. The molecule has 3 N–H and O–H groups in total. The highest BCUT2D eigenvalue weighted by Crippen LogP contribution is 2.27. The second-order valence-electron chi connectivity index (χ2n) is 5.83. The fraction of sp³-hybridized carbons (Fsp3) is 0.929. The van der Waals surface area contributed by atoms with Gasteiger partial charge >= 0.3 is 0 Å². The zero-order chi connectivity index (χ0) is 13.0. The van der Waals surface area contributed by atoms with Crippen LogP contribution in [0.1, 0.15) is 51.4 Å². The number of carbonyl (C=O) groups excluding carboxylic acids is 1. The van der Waals surface area contributed by atoms with Crippen molar-refractivity contribution in [1.82, 2.24) is 5.32 Å². The highest BCUT2D eigenvalue weighted by Gasteiger charge is 2.27. The van der Waals surface area contributed by atoms with Gasteiger partial charge in [-0.3, -0.25) is 4.79 Å². The van der Waals surface area contributed by atoms with Crippen LogP contribution in [-0.4, -0.2) is 31.2 Å². The summed E-state index contributed by atoms with van der Waals surface area (Å²) in [4.78, 5) is 11.1. The molecule has 0 heterocycles. The first-order valence-corrected chi connectivity index (χ1v) is 7.27. The standard InChI is InChI=1S/C14H26N2O2/c1-18-13-8-6-12(7-9-13)16-11-4-2-10(3-5-11)14(15)17/h10-13,16H,2-9H2,1H3,(H2,15,17). The van der Waals surface area contributed by atoms with E-state index in [4.69, 9.17) is 10.5 Å². The van der Waals surface area contributed by atoms with Gasteiger partial charge in [-0.25, -0.2) is 0 Å². The fourth-order valence-electron chi connectivity index (χ4n) is 3.34. The van der Waals surface area contributed by atoms with Crippen LogP contribution in [0.5, 0.6) is 0 Å². The number of ether oxygens (including phenoxy) is 1. The van der Waals surface area contributed by atoms with Gasteiger partial charge in [0.1, 0.15) is 0 Å². The minimum Gasteiger partial charge on any atom is -0.381 e. The van der Waals surface area contributed by atoms with Crippen molar-refractivity contribution >= 4 is 5.91 Å². The van der Waals surface area contributed by atoms with Gasteiger partial charge in [0.15, 0.2) is 0 Å². The number of amides is 1. The van der Waals surface area contributed by atoms with E-state index in [1.165, 1.54) is 25.7 Å². The first-order valence-electron chi connectivity index (χ1n) is 7.27. The molecular formula is C14H26N2O2. The van der Waals surface area contributed by atoms with Gasteiger partial charge in [-0.05, 0) is 51.4 Å². The third kappa shape index (κ3) is 3.69. The highest BCUT2D eigenvalue weighted by atomic mass is 16.5. The fourth-order valence-corrected chi connectivity index (χ4v) is 3.34. The Kier molecular flexibility index (Phi) is 5.01. The molecule has 1 amide bonds. The highest BCUT2D eigenvalue weighted by molar-refractivity contribution is 5.76. The van der Waals surface area contributed by atoms with E-state index in [-0.39, 0.29) is 11.8 Å². The molecule has 0 saturated heterocycles. The van der Waals surface area contributed by atoms with Gasteiger partial charge in [0.05, 0.1) is 6.10 Å². The summed E-state index contributed by atoms with van der Waals surface area (Å²) in [6.07, 6.45) is 9.35. The van der Waals surface area contributed by atoms with Crippen molar-refractivity contribution in [3.63, 3.8) is 0 Å². The van der Waals surface area contributed by atoms with Crippen LogP contribution in [0.4, 0.5) is 0 Å². The van der Waals surface area contributed by atoms with Crippen LogP contribution in [0, 0.1) is 5.92 Å². The van der Waals surface area contributed by atoms with Gasteiger partial charge < -0.3 is 15.8 Å². The Balaban J connectivity index is 1.67. The smallest absolute Gasteiger partial charge is 0.220 e. The summed E-state index contributed by atoms with van der Waals surface area (Å²) in [5, 5.41) is 3.75. The molecule has 4 heteroatoms. The molecule has 2 rings (SSSR count). The van der Waals surface area contributed by atoms with Crippen LogP contribution in [0.3, 0.4) is 0 Å². The van der Waals surface area contributed by atoms with E-state index in [9.17, 15) is 4.79 Å². The van der Waals surface area contributed by atoms with Gasteiger partial charge in [0.2, 0.25) is 5.91 Å². The van der Waals surface area contributed by atoms with Gasteiger partial charge in [0, 0.05) is 25.1 Å². The Bertz CT molecular complexity index is 267. The van der Waals surface area contributed by atoms with E-state index in [0.29, 0.717) is 18.2 Å². The Labute approximate surface area is 110 Å². The predicted molar refractivity (Wildman–Crippen MR) is 71.1 cm³/mol. The lowest BCUT2D eigenvalue weighted by atomic mass is 9.84. The molecule has 104 valence electrons. The molecule has 4 nitrogen and oxygen atoms in total. The number of methoxy groups -OCH3 is 1. The molecule has 18 heavy (non-hydrogen) atoms. The number of hydrogen-bond acceptors (Lipinski definition) is 3. The van der Waals surface area contributed by atoms with Crippen molar-refractivity contribution in [3.05, 3.63) is 0 Å². The number of primary amides is 1. The maximum Gasteiger partial charge on any atom is 0.220 e. The van der Waals surface area contributed by atoms with Gasteiger partial charge in [-0.15, -0.1) is 0 Å². The predicted octanol–water partition coefficient (Wildman–Crippen LogP) is 1.58. The molecule has 0 aromatic heterocycles. The van der Waals surface area contributed by atoms with Gasteiger partial charge in [-0.1, -0.05) is 0 Å². The molecule has 0 spiro atoms. The van der Waals surface area contributed by atoms with E-state index in [1.807, 2.05) is 7.11 Å². The number of hydrogen-bond donors (Lipinski definition) is 2. The third-order valence-corrected chi connectivity index (χ3v) is 4.61. The van der Waals surface area contributed by atoms with Crippen LogP contribution < -0.4 is 11.1 Å². The van der Waals surface area contributed by atoms with Crippen LogP contribution >= 0.6 is 0 Å². The van der Waals surface area contributed by atoms with E-state index < -0.39 is 0 Å². The quantitative estimate of drug-likeness (QED) is 0.800. The molecule has 2 aliphatic rings. The minimum absolute atomic E-state index is 0.117. The zero-order valence-electron chi connectivity index (χ0n) is 11.4. The van der Waals surface area contributed by atoms with Crippen molar-refractivity contribution < 1.29 is 9.53 Å². The minimum atomic E-state index is -0.117. The number of nitrogens with two attached hydrogens (primary N) is 1. The van der Waals surface area contributed by atoms with Crippen molar-refractivity contribution in [2.75, 3.05) is 7.11 Å². The molecule has 0 aromatic rings. The van der Waals surface area contributed by atoms with Crippen molar-refractivity contribution in [2.45, 2.75) is 69.6 Å². The molecule has 0 aromatic carbocycles. The summed E-state index contributed by atoms with van der Waals surface area (Å²) in [5.41, 5.74) is 5.35. The topological polar surface area (TPSA) is 64.3 Å². The summed E-state index contributed by atoms with van der Waals surface area (Å²) in [5.74, 6) is 0.00123. The molecule has 0 radical (unpaired) electrons. The van der Waals surface area contributed by atoms with Crippen LogP contribution in [0.25, 0.3) is 0 Å².